The summed E-state index contributed by atoms with van der Waals surface area (Å²) in [6.45, 7) is 8.28. The van der Waals surface area contributed by atoms with Crippen LogP contribution in [0, 0.1) is 0 Å². The molecule has 26 heavy (non-hydrogen) atoms. The maximum Gasteiger partial charge on any atom is 0.420 e. The lowest BCUT2D eigenvalue weighted by molar-refractivity contribution is 0.0445. The number of nitrogens with zero attached hydrogens (tertiary/aromatic N) is 2. The van der Waals surface area contributed by atoms with E-state index in [1.165, 1.54) is 0 Å². The number of halogens is 2. The maximum absolute atomic E-state index is 13.1. The van der Waals surface area contributed by atoms with E-state index >= 15 is 0 Å². The molecule has 1 amide bonds. The first-order valence-corrected chi connectivity index (χ1v) is 10.4. The van der Waals surface area contributed by atoms with Gasteiger partial charge in [0.25, 0.3) is 0 Å². The molecule has 0 N–H and O–H groups in total. The van der Waals surface area contributed by atoms with Crippen LogP contribution in [0.1, 0.15) is 20.8 Å². The van der Waals surface area contributed by atoms with Crippen molar-refractivity contribution >= 4 is 57.0 Å². The highest BCUT2D eigenvalue weighted by Crippen LogP contribution is 2.33. The zero-order chi connectivity index (χ0) is 19.3. The van der Waals surface area contributed by atoms with Crippen LogP contribution in [0.5, 0.6) is 5.75 Å². The highest BCUT2D eigenvalue weighted by Gasteiger charge is 2.31. The molecule has 0 spiro atoms. The standard InChI is InChI=1S/C18H24I2N2O4/c1-18(2,3)26-17(23)22(13-6-5-7-14(12-13)24-4)16(15(19)20)21-8-10-25-11-9-21/h5-7,12H,8-11H2,1-4H3. The minimum absolute atomic E-state index is 0.418. The van der Waals surface area contributed by atoms with Gasteiger partial charge in [0.1, 0.15) is 17.2 Å². The fraction of sp³-hybridized carbons (Fsp3) is 0.500. The molecule has 1 aromatic rings. The molecule has 1 fully saturated rings. The lowest BCUT2D eigenvalue weighted by Crippen LogP contribution is -2.46. The number of carbonyl (C=O) groups excluding carboxylic acids is 1. The predicted molar refractivity (Wildman–Crippen MR) is 119 cm³/mol. The van der Waals surface area contributed by atoms with E-state index in [0.717, 1.165) is 7.41 Å². The zero-order valence-electron chi connectivity index (χ0n) is 15.4. The summed E-state index contributed by atoms with van der Waals surface area (Å²) in [7, 11) is 1.61. The SMILES string of the molecule is COc1cccc(N(C(=O)OC(C)(C)C)C(=C(I)I)N2CCOCC2)c1. The molecule has 1 aliphatic rings. The Labute approximate surface area is 182 Å². The Bertz CT molecular complexity index is 663. The first-order valence-electron chi connectivity index (χ1n) is 8.28. The topological polar surface area (TPSA) is 51.2 Å². The Morgan fingerprint density at radius 3 is 2.42 bits per heavy atom. The van der Waals surface area contributed by atoms with E-state index in [9.17, 15) is 4.79 Å². The number of benzene rings is 1. The normalized spacial score (nSPS) is 14.6. The van der Waals surface area contributed by atoms with E-state index in [0.29, 0.717) is 37.7 Å². The Morgan fingerprint density at radius 1 is 1.23 bits per heavy atom. The fourth-order valence-electron chi connectivity index (χ4n) is 2.49. The minimum Gasteiger partial charge on any atom is -0.497 e. The van der Waals surface area contributed by atoms with Gasteiger partial charge in [0, 0.05) is 19.2 Å². The third kappa shape index (κ3) is 5.88. The van der Waals surface area contributed by atoms with Crippen LogP contribution in [-0.2, 0) is 9.47 Å². The Hall–Kier alpha value is -0.750. The molecular weight excluding hydrogens is 562 g/mol. The van der Waals surface area contributed by atoms with Crippen LogP contribution >= 0.6 is 45.2 Å². The summed E-state index contributed by atoms with van der Waals surface area (Å²) in [6.07, 6.45) is -0.418. The van der Waals surface area contributed by atoms with Crippen molar-refractivity contribution in [3.05, 3.63) is 31.7 Å². The predicted octanol–water partition coefficient (Wildman–Crippen LogP) is 4.77. The van der Waals surface area contributed by atoms with E-state index in [-0.39, 0.29) is 0 Å². The van der Waals surface area contributed by atoms with Crippen molar-refractivity contribution in [1.29, 1.82) is 0 Å². The minimum atomic E-state index is -0.596. The van der Waals surface area contributed by atoms with Crippen LogP contribution < -0.4 is 9.64 Å². The largest absolute Gasteiger partial charge is 0.497 e. The van der Waals surface area contributed by atoms with Gasteiger partial charge in [0.2, 0.25) is 0 Å². The summed E-state index contributed by atoms with van der Waals surface area (Å²) in [5, 5.41) is 0. The summed E-state index contributed by atoms with van der Waals surface area (Å²) in [6, 6.07) is 7.43. The van der Waals surface area contributed by atoms with Gasteiger partial charge in [-0.2, -0.15) is 0 Å². The molecule has 0 radical (unpaired) electrons. The lowest BCUT2D eigenvalue weighted by Gasteiger charge is -2.37. The van der Waals surface area contributed by atoms with Crippen molar-refractivity contribution in [2.45, 2.75) is 26.4 Å². The Morgan fingerprint density at radius 2 is 1.88 bits per heavy atom. The molecule has 1 heterocycles. The van der Waals surface area contributed by atoms with Crippen LogP contribution in [0.3, 0.4) is 0 Å². The molecule has 2 rings (SSSR count). The number of rotatable bonds is 4. The molecular formula is C18H24I2N2O4. The van der Waals surface area contributed by atoms with Crippen molar-refractivity contribution < 1.29 is 19.0 Å². The molecule has 0 atom stereocenters. The molecule has 0 aromatic heterocycles. The van der Waals surface area contributed by atoms with Crippen molar-refractivity contribution in [3.8, 4) is 5.75 Å². The van der Waals surface area contributed by atoms with Crippen LogP contribution in [0.15, 0.2) is 31.7 Å². The zero-order valence-corrected chi connectivity index (χ0v) is 19.7. The average molecular weight is 586 g/mol. The summed E-state index contributed by atoms with van der Waals surface area (Å²) in [4.78, 5) is 16.9. The van der Waals surface area contributed by atoms with Gasteiger partial charge >= 0.3 is 6.09 Å². The molecule has 1 saturated heterocycles. The third-order valence-corrected chi connectivity index (χ3v) is 4.54. The molecule has 0 bridgehead atoms. The van der Waals surface area contributed by atoms with Gasteiger partial charge in [-0.15, -0.1) is 0 Å². The van der Waals surface area contributed by atoms with Crippen molar-refractivity contribution in [3.63, 3.8) is 0 Å². The number of ether oxygens (including phenoxy) is 3. The summed E-state index contributed by atoms with van der Waals surface area (Å²) >= 11 is 4.48. The number of hydrogen-bond donors (Lipinski definition) is 0. The second kappa shape index (κ2) is 9.45. The summed E-state index contributed by atoms with van der Waals surface area (Å²) in [5.41, 5.74) is 0.104. The second-order valence-electron chi connectivity index (χ2n) is 6.70. The monoisotopic (exact) mass is 586 g/mol. The van der Waals surface area contributed by atoms with Gasteiger partial charge in [0.15, 0.2) is 0 Å². The molecule has 1 aliphatic heterocycles. The second-order valence-corrected chi connectivity index (χ2v) is 10.9. The van der Waals surface area contributed by atoms with E-state index in [4.69, 9.17) is 14.2 Å². The first-order chi connectivity index (χ1) is 12.2. The van der Waals surface area contributed by atoms with Gasteiger partial charge < -0.3 is 19.1 Å². The Kier molecular flexibility index (Phi) is 7.83. The quantitative estimate of drug-likeness (QED) is 0.477. The number of carbonyl (C=O) groups is 1. The van der Waals surface area contributed by atoms with E-state index in [1.807, 2.05) is 45.0 Å². The highest BCUT2D eigenvalue weighted by atomic mass is 127. The van der Waals surface area contributed by atoms with Crippen molar-refractivity contribution in [2.24, 2.45) is 0 Å². The number of methoxy groups -OCH3 is 1. The van der Waals surface area contributed by atoms with Crippen LogP contribution in [0.4, 0.5) is 10.5 Å². The van der Waals surface area contributed by atoms with Crippen molar-refractivity contribution in [2.75, 3.05) is 38.3 Å². The van der Waals surface area contributed by atoms with Gasteiger partial charge in [-0.3, -0.25) is 0 Å². The third-order valence-electron chi connectivity index (χ3n) is 3.58. The molecule has 144 valence electrons. The van der Waals surface area contributed by atoms with Crippen LogP contribution in [-0.4, -0.2) is 50.0 Å². The Balaban J connectivity index is 2.50. The summed E-state index contributed by atoms with van der Waals surface area (Å²) in [5.74, 6) is 1.48. The summed E-state index contributed by atoms with van der Waals surface area (Å²) < 4.78 is 17.5. The lowest BCUT2D eigenvalue weighted by atomic mass is 10.2. The van der Waals surface area contributed by atoms with Crippen LogP contribution in [0.25, 0.3) is 0 Å². The van der Waals surface area contributed by atoms with E-state index < -0.39 is 11.7 Å². The number of hydrogen-bond acceptors (Lipinski definition) is 5. The maximum atomic E-state index is 13.1. The van der Waals surface area contributed by atoms with Gasteiger partial charge in [-0.1, -0.05) is 6.07 Å². The number of amides is 1. The molecule has 0 saturated carbocycles. The van der Waals surface area contributed by atoms with E-state index in [1.54, 1.807) is 12.0 Å². The smallest absolute Gasteiger partial charge is 0.420 e. The average Bonchev–Trinajstić information content (AvgIpc) is 2.58. The number of morpholine rings is 1. The van der Waals surface area contributed by atoms with Gasteiger partial charge in [-0.25, -0.2) is 9.69 Å². The van der Waals surface area contributed by atoms with Gasteiger partial charge in [0.05, 0.1) is 27.6 Å². The molecule has 1 aromatic carbocycles. The molecule has 0 unspecified atom stereocenters. The molecule has 8 heteroatoms. The molecule has 0 aliphatic carbocycles. The number of anilines is 1. The molecule has 6 nitrogen and oxygen atoms in total. The highest BCUT2D eigenvalue weighted by molar-refractivity contribution is 14.2. The van der Waals surface area contributed by atoms with Gasteiger partial charge in [-0.05, 0) is 78.1 Å². The van der Waals surface area contributed by atoms with Crippen molar-refractivity contribution in [1.82, 2.24) is 4.90 Å². The van der Waals surface area contributed by atoms with E-state index in [2.05, 4.69) is 50.1 Å². The van der Waals surface area contributed by atoms with Crippen LogP contribution in [0.2, 0.25) is 0 Å². The first kappa shape index (κ1) is 21.5. The fourth-order valence-corrected chi connectivity index (χ4v) is 3.66.